The summed E-state index contributed by atoms with van der Waals surface area (Å²) in [6.07, 6.45) is 12.7. The van der Waals surface area contributed by atoms with Gasteiger partial charge < -0.3 is 5.32 Å². The van der Waals surface area contributed by atoms with E-state index >= 15 is 0 Å². The first kappa shape index (κ1) is 13.8. The van der Waals surface area contributed by atoms with Crippen LogP contribution in [0.4, 0.5) is 0 Å². The SMILES string of the molecule is C=CCCCCCNC1CCC(C)(C)CC1. The maximum atomic E-state index is 3.75. The fraction of sp³-hybridized carbons (Fsp3) is 0.867. The van der Waals surface area contributed by atoms with E-state index in [0.717, 1.165) is 6.04 Å². The molecule has 1 nitrogen and oxygen atoms in total. The number of hydrogen-bond donors (Lipinski definition) is 1. The molecule has 1 rings (SSSR count). The first-order valence-corrected chi connectivity index (χ1v) is 6.98. The van der Waals surface area contributed by atoms with Gasteiger partial charge in [0.1, 0.15) is 0 Å². The molecule has 0 spiro atoms. The van der Waals surface area contributed by atoms with Gasteiger partial charge in [-0.25, -0.2) is 0 Å². The van der Waals surface area contributed by atoms with Gasteiger partial charge in [-0.3, -0.25) is 0 Å². The van der Waals surface area contributed by atoms with Crippen molar-refractivity contribution in [1.29, 1.82) is 0 Å². The van der Waals surface area contributed by atoms with E-state index in [-0.39, 0.29) is 0 Å². The van der Waals surface area contributed by atoms with Crippen LogP contribution >= 0.6 is 0 Å². The molecule has 0 atom stereocenters. The lowest BCUT2D eigenvalue weighted by Crippen LogP contribution is -2.36. The van der Waals surface area contributed by atoms with Crippen LogP contribution in [-0.4, -0.2) is 12.6 Å². The summed E-state index contributed by atoms with van der Waals surface area (Å²) >= 11 is 0. The second-order valence-corrected chi connectivity index (χ2v) is 6.03. The Morgan fingerprint density at radius 2 is 1.88 bits per heavy atom. The minimum absolute atomic E-state index is 0.599. The van der Waals surface area contributed by atoms with Crippen molar-refractivity contribution in [3.8, 4) is 0 Å². The van der Waals surface area contributed by atoms with Crippen molar-refractivity contribution >= 4 is 0 Å². The zero-order valence-electron chi connectivity index (χ0n) is 11.2. The molecular formula is C15H29N. The Balaban J connectivity index is 1.96. The van der Waals surface area contributed by atoms with Gasteiger partial charge in [0.15, 0.2) is 0 Å². The third kappa shape index (κ3) is 5.69. The van der Waals surface area contributed by atoms with E-state index in [0.29, 0.717) is 5.41 Å². The van der Waals surface area contributed by atoms with E-state index in [4.69, 9.17) is 0 Å². The Kier molecular flexibility index (Phi) is 6.12. The first-order chi connectivity index (χ1) is 7.64. The molecule has 0 aromatic carbocycles. The van der Waals surface area contributed by atoms with Gasteiger partial charge in [0, 0.05) is 6.04 Å². The first-order valence-electron chi connectivity index (χ1n) is 6.98. The summed E-state index contributed by atoms with van der Waals surface area (Å²) in [4.78, 5) is 0. The predicted molar refractivity (Wildman–Crippen MR) is 72.7 cm³/mol. The molecular weight excluding hydrogens is 194 g/mol. The van der Waals surface area contributed by atoms with Crippen LogP contribution in [0.1, 0.15) is 65.2 Å². The molecule has 1 aliphatic carbocycles. The van der Waals surface area contributed by atoms with Gasteiger partial charge in [0.05, 0.1) is 0 Å². The van der Waals surface area contributed by atoms with Crippen LogP contribution in [0.5, 0.6) is 0 Å². The monoisotopic (exact) mass is 223 g/mol. The molecule has 0 heterocycles. The molecule has 16 heavy (non-hydrogen) atoms. The quantitative estimate of drug-likeness (QED) is 0.501. The van der Waals surface area contributed by atoms with E-state index in [1.54, 1.807) is 0 Å². The summed E-state index contributed by atoms with van der Waals surface area (Å²) in [5.41, 5.74) is 0.599. The van der Waals surface area contributed by atoms with Gasteiger partial charge in [-0.15, -0.1) is 6.58 Å². The molecule has 0 saturated heterocycles. The fourth-order valence-electron chi connectivity index (χ4n) is 2.50. The molecule has 94 valence electrons. The maximum absolute atomic E-state index is 3.75. The molecule has 0 radical (unpaired) electrons. The number of nitrogens with one attached hydrogen (secondary N) is 1. The highest BCUT2D eigenvalue weighted by atomic mass is 14.9. The van der Waals surface area contributed by atoms with E-state index in [2.05, 4.69) is 25.7 Å². The van der Waals surface area contributed by atoms with E-state index in [1.165, 1.54) is 57.9 Å². The highest BCUT2D eigenvalue weighted by molar-refractivity contribution is 4.81. The standard InChI is InChI=1S/C15H29N/c1-4-5-6-7-8-13-16-14-9-11-15(2,3)12-10-14/h4,14,16H,1,5-13H2,2-3H3. The van der Waals surface area contributed by atoms with Crippen molar-refractivity contribution in [3.05, 3.63) is 12.7 Å². The molecule has 1 heteroatoms. The molecule has 0 aromatic rings. The van der Waals surface area contributed by atoms with Gasteiger partial charge in [-0.2, -0.15) is 0 Å². The van der Waals surface area contributed by atoms with E-state index in [1.807, 2.05) is 6.08 Å². The summed E-state index contributed by atoms with van der Waals surface area (Å²) in [5.74, 6) is 0. The second kappa shape index (κ2) is 7.11. The summed E-state index contributed by atoms with van der Waals surface area (Å²) in [5, 5.41) is 3.71. The van der Waals surface area contributed by atoms with E-state index in [9.17, 15) is 0 Å². The van der Waals surface area contributed by atoms with Crippen molar-refractivity contribution < 1.29 is 0 Å². The molecule has 1 N–H and O–H groups in total. The van der Waals surface area contributed by atoms with Crippen molar-refractivity contribution in [2.24, 2.45) is 5.41 Å². The van der Waals surface area contributed by atoms with Gasteiger partial charge in [-0.05, 0) is 56.9 Å². The lowest BCUT2D eigenvalue weighted by Gasteiger charge is -2.34. The Morgan fingerprint density at radius 1 is 1.19 bits per heavy atom. The molecule has 1 saturated carbocycles. The lowest BCUT2D eigenvalue weighted by atomic mass is 9.75. The minimum atomic E-state index is 0.599. The molecule has 0 aromatic heterocycles. The number of allylic oxidation sites excluding steroid dienone is 1. The largest absolute Gasteiger partial charge is 0.314 e. The summed E-state index contributed by atoms with van der Waals surface area (Å²) in [7, 11) is 0. The Labute approximate surface area is 102 Å². The third-order valence-corrected chi connectivity index (χ3v) is 3.86. The summed E-state index contributed by atoms with van der Waals surface area (Å²) in [6.45, 7) is 9.76. The van der Waals surface area contributed by atoms with E-state index < -0.39 is 0 Å². The van der Waals surface area contributed by atoms with Crippen LogP contribution in [0.3, 0.4) is 0 Å². The van der Waals surface area contributed by atoms with Crippen molar-refractivity contribution in [2.45, 2.75) is 71.3 Å². The van der Waals surface area contributed by atoms with Crippen LogP contribution < -0.4 is 5.32 Å². The average Bonchev–Trinajstić information content (AvgIpc) is 2.25. The van der Waals surface area contributed by atoms with Gasteiger partial charge in [0.25, 0.3) is 0 Å². The number of hydrogen-bond acceptors (Lipinski definition) is 1. The molecule has 1 fully saturated rings. The maximum Gasteiger partial charge on any atom is 0.00674 e. The molecule has 0 unspecified atom stereocenters. The minimum Gasteiger partial charge on any atom is -0.314 e. The van der Waals surface area contributed by atoms with Gasteiger partial charge in [-0.1, -0.05) is 26.3 Å². The normalized spacial score (nSPS) is 20.9. The average molecular weight is 223 g/mol. The highest BCUT2D eigenvalue weighted by Crippen LogP contribution is 2.34. The van der Waals surface area contributed by atoms with Gasteiger partial charge in [0.2, 0.25) is 0 Å². The van der Waals surface area contributed by atoms with Crippen LogP contribution in [0.15, 0.2) is 12.7 Å². The molecule has 0 amide bonds. The lowest BCUT2D eigenvalue weighted by molar-refractivity contribution is 0.206. The van der Waals surface area contributed by atoms with Crippen molar-refractivity contribution in [2.75, 3.05) is 6.54 Å². The fourth-order valence-corrected chi connectivity index (χ4v) is 2.50. The third-order valence-electron chi connectivity index (χ3n) is 3.86. The highest BCUT2D eigenvalue weighted by Gasteiger charge is 2.25. The number of rotatable bonds is 7. The van der Waals surface area contributed by atoms with Gasteiger partial charge >= 0.3 is 0 Å². The Morgan fingerprint density at radius 3 is 2.50 bits per heavy atom. The Hall–Kier alpha value is -0.300. The molecule has 1 aliphatic rings. The summed E-state index contributed by atoms with van der Waals surface area (Å²) in [6, 6.07) is 0.799. The van der Waals surface area contributed by atoms with Crippen molar-refractivity contribution in [1.82, 2.24) is 5.32 Å². The smallest absolute Gasteiger partial charge is 0.00674 e. The van der Waals surface area contributed by atoms with Crippen molar-refractivity contribution in [3.63, 3.8) is 0 Å². The Bertz CT molecular complexity index is 186. The zero-order valence-corrected chi connectivity index (χ0v) is 11.2. The predicted octanol–water partition coefficient (Wildman–Crippen LogP) is 4.29. The summed E-state index contributed by atoms with van der Waals surface area (Å²) < 4.78 is 0. The topological polar surface area (TPSA) is 12.0 Å². The number of unbranched alkanes of at least 4 members (excludes halogenated alkanes) is 3. The molecule has 0 bridgehead atoms. The van der Waals surface area contributed by atoms with Crippen LogP contribution in [0.25, 0.3) is 0 Å². The second-order valence-electron chi connectivity index (χ2n) is 6.03. The van der Waals surface area contributed by atoms with Crippen LogP contribution in [0, 0.1) is 5.41 Å². The van der Waals surface area contributed by atoms with Crippen LogP contribution in [-0.2, 0) is 0 Å². The molecule has 0 aliphatic heterocycles. The van der Waals surface area contributed by atoms with Crippen LogP contribution in [0.2, 0.25) is 0 Å². The zero-order chi connectivity index (χ0) is 11.9.